The Hall–Kier alpha value is -1.23. The highest BCUT2D eigenvalue weighted by Crippen LogP contribution is 2.31. The third-order valence-electron chi connectivity index (χ3n) is 4.30. The van der Waals surface area contributed by atoms with Gasteiger partial charge in [-0.15, -0.1) is 0 Å². The van der Waals surface area contributed by atoms with Crippen molar-refractivity contribution in [3.05, 3.63) is 35.4 Å². The molecule has 21 heavy (non-hydrogen) atoms. The van der Waals surface area contributed by atoms with Gasteiger partial charge in [0.2, 0.25) is 0 Å². The minimum atomic E-state index is -1.19. The molecule has 0 aliphatic heterocycles. The lowest BCUT2D eigenvalue weighted by molar-refractivity contribution is 0.0116. The summed E-state index contributed by atoms with van der Waals surface area (Å²) in [5, 5.41) is 28.6. The number of aliphatic hydroxyl groups is 3. The molecule has 0 saturated heterocycles. The molecule has 1 aromatic carbocycles. The molecule has 0 aromatic heterocycles. The van der Waals surface area contributed by atoms with Crippen molar-refractivity contribution < 1.29 is 20.1 Å². The van der Waals surface area contributed by atoms with Crippen molar-refractivity contribution in [1.82, 2.24) is 0 Å². The van der Waals surface area contributed by atoms with Crippen LogP contribution in [-0.2, 0) is 6.42 Å². The van der Waals surface area contributed by atoms with E-state index in [0.29, 0.717) is 31.2 Å². The van der Waals surface area contributed by atoms with Gasteiger partial charge < -0.3 is 15.3 Å². The van der Waals surface area contributed by atoms with Gasteiger partial charge in [-0.1, -0.05) is 43.5 Å². The number of Topliss-reactive ketones (excluding diaryl/α,β-unsaturated/α-hetero) is 1. The third-order valence-corrected chi connectivity index (χ3v) is 4.30. The number of hydrogen-bond acceptors (Lipinski definition) is 4. The first-order valence-electron chi connectivity index (χ1n) is 7.70. The predicted molar refractivity (Wildman–Crippen MR) is 80.2 cm³/mol. The van der Waals surface area contributed by atoms with Crippen LogP contribution in [0.3, 0.4) is 0 Å². The second-order valence-corrected chi connectivity index (χ2v) is 5.99. The van der Waals surface area contributed by atoms with E-state index in [1.54, 1.807) is 12.1 Å². The lowest BCUT2D eigenvalue weighted by Crippen LogP contribution is -2.40. The number of rotatable bonds is 6. The predicted octanol–water partition coefficient (Wildman–Crippen LogP) is 1.85. The molecule has 2 rings (SSSR count). The van der Waals surface area contributed by atoms with Crippen LogP contribution in [0.1, 0.15) is 54.4 Å². The van der Waals surface area contributed by atoms with E-state index in [0.717, 1.165) is 24.8 Å². The van der Waals surface area contributed by atoms with E-state index in [4.69, 9.17) is 5.11 Å². The first-order chi connectivity index (χ1) is 10.0. The lowest BCUT2D eigenvalue weighted by Gasteiger charge is -2.30. The largest absolute Gasteiger partial charge is 0.394 e. The highest BCUT2D eigenvalue weighted by Gasteiger charge is 2.37. The molecule has 3 N–H and O–H groups in total. The van der Waals surface area contributed by atoms with E-state index in [1.165, 1.54) is 0 Å². The Balaban J connectivity index is 1.99. The standard InChI is InChI=1S/C17H24O4/c18-12-15(19)9-6-13-4-7-14(8-5-13)16(20)17(21)10-2-1-3-11-17/h4-5,7-8,15,18-19,21H,1-3,6,9-12H2. The van der Waals surface area contributed by atoms with Crippen LogP contribution in [0.5, 0.6) is 0 Å². The van der Waals surface area contributed by atoms with Crippen molar-refractivity contribution >= 4 is 5.78 Å². The molecule has 0 heterocycles. The summed E-state index contributed by atoms with van der Waals surface area (Å²) in [4.78, 5) is 12.4. The number of benzene rings is 1. The van der Waals surface area contributed by atoms with Gasteiger partial charge in [0.05, 0.1) is 12.7 Å². The Kier molecular flexibility index (Phi) is 5.51. The summed E-state index contributed by atoms with van der Waals surface area (Å²) in [7, 11) is 0. The van der Waals surface area contributed by atoms with Crippen molar-refractivity contribution in [2.24, 2.45) is 0 Å². The highest BCUT2D eigenvalue weighted by molar-refractivity contribution is 6.02. The normalized spacial score (nSPS) is 19.2. The Morgan fingerprint density at radius 1 is 1.14 bits per heavy atom. The minimum Gasteiger partial charge on any atom is -0.394 e. The molecule has 1 saturated carbocycles. The van der Waals surface area contributed by atoms with E-state index in [1.807, 2.05) is 12.1 Å². The zero-order chi connectivity index (χ0) is 15.3. The fourth-order valence-corrected chi connectivity index (χ4v) is 2.88. The minimum absolute atomic E-state index is 0.177. The summed E-state index contributed by atoms with van der Waals surface area (Å²) >= 11 is 0. The molecule has 0 bridgehead atoms. The van der Waals surface area contributed by atoms with Crippen molar-refractivity contribution in [2.45, 2.75) is 56.7 Å². The number of carbonyl (C=O) groups excluding carboxylic acids is 1. The average molecular weight is 292 g/mol. The van der Waals surface area contributed by atoms with Crippen molar-refractivity contribution in [3.8, 4) is 0 Å². The van der Waals surface area contributed by atoms with Crippen molar-refractivity contribution in [3.63, 3.8) is 0 Å². The molecule has 1 fully saturated rings. The van der Waals surface area contributed by atoms with E-state index in [9.17, 15) is 15.0 Å². The van der Waals surface area contributed by atoms with Crippen LogP contribution < -0.4 is 0 Å². The van der Waals surface area contributed by atoms with Crippen LogP contribution in [0.2, 0.25) is 0 Å². The van der Waals surface area contributed by atoms with E-state index in [-0.39, 0.29) is 12.4 Å². The van der Waals surface area contributed by atoms with Gasteiger partial charge >= 0.3 is 0 Å². The van der Waals surface area contributed by atoms with Crippen LogP contribution in [0.15, 0.2) is 24.3 Å². The first-order valence-corrected chi connectivity index (χ1v) is 7.70. The Bertz CT molecular complexity index is 460. The van der Waals surface area contributed by atoms with Crippen LogP contribution in [0.4, 0.5) is 0 Å². The van der Waals surface area contributed by atoms with Crippen LogP contribution >= 0.6 is 0 Å². The molecule has 116 valence electrons. The molecule has 0 radical (unpaired) electrons. The SMILES string of the molecule is O=C(c1ccc(CCC(O)CO)cc1)C1(O)CCCCC1. The number of carbonyl (C=O) groups is 1. The fraction of sp³-hybridized carbons (Fsp3) is 0.588. The smallest absolute Gasteiger partial charge is 0.194 e. The summed E-state index contributed by atoms with van der Waals surface area (Å²) < 4.78 is 0. The van der Waals surface area contributed by atoms with Crippen LogP contribution in [-0.4, -0.2) is 39.4 Å². The van der Waals surface area contributed by atoms with Crippen LogP contribution in [0.25, 0.3) is 0 Å². The van der Waals surface area contributed by atoms with Gasteiger partial charge in [0.25, 0.3) is 0 Å². The van der Waals surface area contributed by atoms with E-state index < -0.39 is 11.7 Å². The van der Waals surface area contributed by atoms with Gasteiger partial charge in [0, 0.05) is 5.56 Å². The zero-order valence-corrected chi connectivity index (χ0v) is 12.3. The van der Waals surface area contributed by atoms with E-state index in [2.05, 4.69) is 0 Å². The molecule has 4 heteroatoms. The Labute approximate surface area is 125 Å². The third kappa shape index (κ3) is 4.13. The number of hydrogen-bond donors (Lipinski definition) is 3. The van der Waals surface area contributed by atoms with Crippen molar-refractivity contribution in [2.75, 3.05) is 6.61 Å². The van der Waals surface area contributed by atoms with Gasteiger partial charge in [-0.05, 0) is 31.2 Å². The molecule has 1 unspecified atom stereocenters. The van der Waals surface area contributed by atoms with Gasteiger partial charge in [0.1, 0.15) is 5.60 Å². The molecule has 4 nitrogen and oxygen atoms in total. The summed E-state index contributed by atoms with van der Waals surface area (Å²) in [6.07, 6.45) is 4.44. The maximum Gasteiger partial charge on any atom is 0.194 e. The topological polar surface area (TPSA) is 77.8 Å². The molecule has 1 aliphatic rings. The second kappa shape index (κ2) is 7.16. The van der Waals surface area contributed by atoms with Gasteiger partial charge in [-0.3, -0.25) is 4.79 Å². The zero-order valence-electron chi connectivity index (χ0n) is 12.3. The Morgan fingerprint density at radius 3 is 2.33 bits per heavy atom. The molecular weight excluding hydrogens is 268 g/mol. The summed E-state index contributed by atoms with van der Waals surface area (Å²) in [5.41, 5.74) is 0.368. The maximum atomic E-state index is 12.4. The molecular formula is C17H24O4. The fourth-order valence-electron chi connectivity index (χ4n) is 2.88. The summed E-state index contributed by atoms with van der Waals surface area (Å²) in [5.74, 6) is -0.177. The monoisotopic (exact) mass is 292 g/mol. The first kappa shape index (κ1) is 16.1. The molecule has 0 amide bonds. The number of ketones is 1. The van der Waals surface area contributed by atoms with Crippen LogP contribution in [0, 0.1) is 0 Å². The molecule has 1 aromatic rings. The number of aliphatic hydroxyl groups excluding tert-OH is 2. The lowest BCUT2D eigenvalue weighted by atomic mass is 9.79. The van der Waals surface area contributed by atoms with E-state index >= 15 is 0 Å². The molecule has 1 atom stereocenters. The molecule has 1 aliphatic carbocycles. The number of aryl methyl sites for hydroxylation is 1. The van der Waals surface area contributed by atoms with Crippen molar-refractivity contribution in [1.29, 1.82) is 0 Å². The van der Waals surface area contributed by atoms with Gasteiger partial charge in [-0.2, -0.15) is 0 Å². The second-order valence-electron chi connectivity index (χ2n) is 5.99. The Morgan fingerprint density at radius 2 is 1.76 bits per heavy atom. The average Bonchev–Trinajstić information content (AvgIpc) is 2.53. The molecule has 0 spiro atoms. The highest BCUT2D eigenvalue weighted by atomic mass is 16.3. The summed E-state index contributed by atoms with van der Waals surface area (Å²) in [6.45, 7) is -0.233. The van der Waals surface area contributed by atoms with Gasteiger partial charge in [0.15, 0.2) is 5.78 Å². The van der Waals surface area contributed by atoms with Gasteiger partial charge in [-0.25, -0.2) is 0 Å². The summed E-state index contributed by atoms with van der Waals surface area (Å²) in [6, 6.07) is 7.19. The quantitative estimate of drug-likeness (QED) is 0.699. The maximum absolute atomic E-state index is 12.4.